The average molecular weight is 359 g/mol. The molecule has 0 fully saturated rings. The molecule has 3 rings (SSSR count). The zero-order chi connectivity index (χ0) is 18.7. The molecule has 0 radical (unpaired) electrons. The van der Waals surface area contributed by atoms with E-state index in [0.717, 1.165) is 4.90 Å². The minimum absolute atomic E-state index is 0.0359. The molecule has 2 amide bonds. The fourth-order valence-corrected chi connectivity index (χ4v) is 2.51. The van der Waals surface area contributed by atoms with E-state index in [1.807, 2.05) is 0 Å². The van der Waals surface area contributed by atoms with Crippen LogP contribution in [0, 0.1) is 15.9 Å². The van der Waals surface area contributed by atoms with Gasteiger partial charge in [0.15, 0.2) is 6.61 Å². The van der Waals surface area contributed by atoms with E-state index in [-0.39, 0.29) is 36.8 Å². The monoisotopic (exact) mass is 359 g/mol. The Hall–Kier alpha value is -3.49. The lowest BCUT2D eigenvalue weighted by atomic mass is 10.2. The average Bonchev–Trinajstić information content (AvgIpc) is 2.63. The molecular formula is C17H14FN3O5. The molecule has 1 N–H and O–H groups in total. The number of hydrogen-bond donors (Lipinski definition) is 1. The van der Waals surface area contributed by atoms with Crippen LogP contribution in [0.2, 0.25) is 0 Å². The summed E-state index contributed by atoms with van der Waals surface area (Å²) in [5.41, 5.74) is 0.237. The van der Waals surface area contributed by atoms with Gasteiger partial charge in [0.05, 0.1) is 10.6 Å². The van der Waals surface area contributed by atoms with Crippen LogP contribution in [0.4, 0.5) is 15.8 Å². The number of fused-ring (bicyclic) bond motifs is 1. The largest absolute Gasteiger partial charge is 0.482 e. The molecule has 0 unspecified atom stereocenters. The topological polar surface area (TPSA) is 102 Å². The molecule has 1 aliphatic rings. The lowest BCUT2D eigenvalue weighted by molar-refractivity contribution is -0.384. The van der Waals surface area contributed by atoms with E-state index in [4.69, 9.17) is 4.74 Å². The number of benzene rings is 2. The molecule has 8 nitrogen and oxygen atoms in total. The molecule has 9 heteroatoms. The Morgan fingerprint density at radius 2 is 2.08 bits per heavy atom. The second-order valence-corrected chi connectivity index (χ2v) is 5.55. The number of amides is 2. The maximum atomic E-state index is 13.6. The van der Waals surface area contributed by atoms with Gasteiger partial charge >= 0.3 is 0 Å². The highest BCUT2D eigenvalue weighted by molar-refractivity contribution is 6.02. The van der Waals surface area contributed by atoms with Crippen LogP contribution in [0.1, 0.15) is 5.56 Å². The number of nitrogens with zero attached hydrogens (tertiary/aromatic N) is 2. The molecule has 0 bridgehead atoms. The van der Waals surface area contributed by atoms with Crippen LogP contribution < -0.4 is 15.0 Å². The third-order valence-electron chi connectivity index (χ3n) is 3.83. The number of non-ortho nitro benzene ring substituents is 1. The van der Waals surface area contributed by atoms with Crippen LogP contribution in [0.5, 0.6) is 5.75 Å². The summed E-state index contributed by atoms with van der Waals surface area (Å²) < 4.78 is 18.8. The number of rotatable bonds is 5. The molecule has 1 aliphatic heterocycles. The van der Waals surface area contributed by atoms with E-state index in [0.29, 0.717) is 5.56 Å². The molecule has 26 heavy (non-hydrogen) atoms. The molecule has 0 aliphatic carbocycles. The second kappa shape index (κ2) is 7.18. The normalized spacial score (nSPS) is 13.0. The fourth-order valence-electron chi connectivity index (χ4n) is 2.51. The van der Waals surface area contributed by atoms with Gasteiger partial charge < -0.3 is 10.1 Å². The number of nitro groups is 1. The molecule has 0 saturated carbocycles. The lowest BCUT2D eigenvalue weighted by Gasteiger charge is -2.28. The highest BCUT2D eigenvalue weighted by atomic mass is 19.1. The Morgan fingerprint density at radius 1 is 1.31 bits per heavy atom. The first-order valence-electron chi connectivity index (χ1n) is 7.67. The zero-order valence-corrected chi connectivity index (χ0v) is 13.5. The maximum Gasteiger partial charge on any atom is 0.271 e. The Kier molecular flexibility index (Phi) is 4.78. The number of halogens is 1. The molecule has 0 saturated heterocycles. The molecular weight excluding hydrogens is 345 g/mol. The van der Waals surface area contributed by atoms with Gasteiger partial charge in [-0.1, -0.05) is 18.2 Å². The van der Waals surface area contributed by atoms with Gasteiger partial charge in [-0.15, -0.1) is 0 Å². The fraction of sp³-hybridized carbons (Fsp3) is 0.176. The second-order valence-electron chi connectivity index (χ2n) is 5.55. The summed E-state index contributed by atoms with van der Waals surface area (Å²) in [7, 11) is 0. The van der Waals surface area contributed by atoms with Crippen LogP contribution >= 0.6 is 0 Å². The Labute approximate surface area is 147 Å². The lowest BCUT2D eigenvalue weighted by Crippen LogP contribution is -2.45. The van der Waals surface area contributed by atoms with Crippen molar-refractivity contribution in [2.75, 3.05) is 18.1 Å². The van der Waals surface area contributed by atoms with Crippen molar-refractivity contribution < 1.29 is 23.6 Å². The van der Waals surface area contributed by atoms with Crippen molar-refractivity contribution in [2.45, 2.75) is 6.54 Å². The van der Waals surface area contributed by atoms with Crippen LogP contribution in [0.25, 0.3) is 0 Å². The Bertz CT molecular complexity index is 886. The summed E-state index contributed by atoms with van der Waals surface area (Å²) in [6, 6.07) is 9.81. The van der Waals surface area contributed by atoms with Gasteiger partial charge in [-0.25, -0.2) is 4.39 Å². The van der Waals surface area contributed by atoms with Gasteiger partial charge in [-0.2, -0.15) is 0 Å². The summed E-state index contributed by atoms with van der Waals surface area (Å²) >= 11 is 0. The SMILES string of the molecule is O=C(CN1C(=O)COc2ccc([N+](=O)[O-])cc21)NCc1ccccc1F. The Balaban J connectivity index is 1.74. The number of hydrogen-bond acceptors (Lipinski definition) is 5. The number of ether oxygens (including phenoxy) is 1. The number of nitrogens with one attached hydrogen (secondary N) is 1. The van der Waals surface area contributed by atoms with E-state index in [1.165, 1.54) is 36.4 Å². The number of carbonyl (C=O) groups excluding carboxylic acids is 2. The van der Waals surface area contributed by atoms with Crippen LogP contribution in [0.15, 0.2) is 42.5 Å². The first kappa shape index (κ1) is 17.3. The van der Waals surface area contributed by atoms with Crippen molar-refractivity contribution in [2.24, 2.45) is 0 Å². The molecule has 1 heterocycles. The van der Waals surface area contributed by atoms with Gasteiger partial charge in [0.2, 0.25) is 5.91 Å². The van der Waals surface area contributed by atoms with Crippen molar-refractivity contribution >= 4 is 23.2 Å². The van der Waals surface area contributed by atoms with E-state index in [2.05, 4.69) is 5.32 Å². The summed E-state index contributed by atoms with van der Waals surface area (Å²) in [6.07, 6.45) is 0. The van der Waals surface area contributed by atoms with Crippen molar-refractivity contribution in [3.05, 3.63) is 64.0 Å². The van der Waals surface area contributed by atoms with Crippen LogP contribution in [0.3, 0.4) is 0 Å². The number of anilines is 1. The number of nitro benzene ring substituents is 1. The van der Waals surface area contributed by atoms with Crippen molar-refractivity contribution in [1.29, 1.82) is 0 Å². The molecule has 2 aromatic rings. The highest BCUT2D eigenvalue weighted by Gasteiger charge is 2.29. The molecule has 0 atom stereocenters. The zero-order valence-electron chi connectivity index (χ0n) is 13.5. The van der Waals surface area contributed by atoms with Gasteiger partial charge in [0.25, 0.3) is 11.6 Å². The summed E-state index contributed by atoms with van der Waals surface area (Å²) in [5.74, 6) is -1.20. The maximum absolute atomic E-state index is 13.6. The van der Waals surface area contributed by atoms with Gasteiger partial charge in [-0.3, -0.25) is 24.6 Å². The first-order chi connectivity index (χ1) is 12.5. The van der Waals surface area contributed by atoms with Crippen LogP contribution in [-0.2, 0) is 16.1 Å². The van der Waals surface area contributed by atoms with Crippen molar-refractivity contribution in [3.63, 3.8) is 0 Å². The highest BCUT2D eigenvalue weighted by Crippen LogP contribution is 2.35. The number of carbonyl (C=O) groups is 2. The first-order valence-corrected chi connectivity index (χ1v) is 7.67. The van der Waals surface area contributed by atoms with E-state index >= 15 is 0 Å². The standard InChI is InChI=1S/C17H14FN3O5/c18-13-4-2-1-3-11(13)8-19-16(22)9-20-14-7-12(21(24)25)5-6-15(14)26-10-17(20)23/h1-7H,8-10H2,(H,19,22). The summed E-state index contributed by atoms with van der Waals surface area (Å²) in [5, 5.41) is 13.5. The smallest absolute Gasteiger partial charge is 0.271 e. The minimum Gasteiger partial charge on any atom is -0.482 e. The molecule has 0 aromatic heterocycles. The third-order valence-corrected chi connectivity index (χ3v) is 3.83. The van der Waals surface area contributed by atoms with Crippen molar-refractivity contribution in [1.82, 2.24) is 5.32 Å². The van der Waals surface area contributed by atoms with Crippen molar-refractivity contribution in [3.8, 4) is 5.75 Å². The third kappa shape index (κ3) is 3.61. The predicted molar refractivity (Wildman–Crippen MR) is 89.2 cm³/mol. The van der Waals surface area contributed by atoms with Gasteiger partial charge in [0.1, 0.15) is 18.1 Å². The molecule has 0 spiro atoms. The van der Waals surface area contributed by atoms with E-state index in [1.54, 1.807) is 6.07 Å². The van der Waals surface area contributed by atoms with Crippen LogP contribution in [-0.4, -0.2) is 29.9 Å². The van der Waals surface area contributed by atoms with E-state index < -0.39 is 22.6 Å². The molecule has 134 valence electrons. The van der Waals surface area contributed by atoms with Gasteiger partial charge in [-0.05, 0) is 12.1 Å². The summed E-state index contributed by atoms with van der Waals surface area (Å²) in [4.78, 5) is 35.7. The summed E-state index contributed by atoms with van der Waals surface area (Å²) in [6.45, 7) is -0.665. The predicted octanol–water partition coefficient (Wildman–Crippen LogP) is 1.78. The minimum atomic E-state index is -0.601. The van der Waals surface area contributed by atoms with E-state index in [9.17, 15) is 24.1 Å². The Morgan fingerprint density at radius 3 is 2.81 bits per heavy atom. The molecule has 2 aromatic carbocycles. The van der Waals surface area contributed by atoms with Gasteiger partial charge in [0, 0.05) is 24.2 Å². The quantitative estimate of drug-likeness (QED) is 0.648.